The van der Waals surface area contributed by atoms with Gasteiger partial charge in [-0.05, 0) is 94.7 Å². The molecule has 1 heterocycles. The molecule has 57 heavy (non-hydrogen) atoms. The average molecular weight is 917 g/mol. The van der Waals surface area contributed by atoms with Gasteiger partial charge in [0.25, 0.3) is 0 Å². The third-order valence-corrected chi connectivity index (χ3v) is 11.9. The zero-order chi connectivity index (χ0) is 41.3. The summed E-state index contributed by atoms with van der Waals surface area (Å²) >= 11 is 2.47. The zero-order valence-corrected chi connectivity index (χ0v) is 39.3. The number of hydrogen-bond donors (Lipinski definition) is 1. The number of aromatic nitrogens is 3. The highest BCUT2D eigenvalue weighted by Gasteiger charge is 2.14. The van der Waals surface area contributed by atoms with Gasteiger partial charge in [0.2, 0.25) is 0 Å². The summed E-state index contributed by atoms with van der Waals surface area (Å²) in [6, 6.07) is 0. The molecule has 0 fully saturated rings. The topological polar surface area (TPSA) is 107 Å². The Kier molecular flexibility index (Phi) is 39.1. The highest BCUT2D eigenvalue weighted by molar-refractivity contribution is 14.1. The van der Waals surface area contributed by atoms with Gasteiger partial charge >= 0.3 is 11.9 Å². The van der Waals surface area contributed by atoms with Gasteiger partial charge in [-0.1, -0.05) is 170 Å². The molecule has 1 unspecified atom stereocenters. The summed E-state index contributed by atoms with van der Waals surface area (Å²) in [6.07, 6.45) is 39.8. The molecule has 0 aliphatic rings. The SMILES string of the molecule is CCCCCCCCCOC(=O)CCCCCCCN(CCCCCCCC(=O)OC(CCCCCCCC)CCCCCCCI)CCCn1cc(CO)nn1. The second-order valence-corrected chi connectivity index (χ2v) is 17.7. The average Bonchev–Trinajstić information content (AvgIpc) is 3.68. The summed E-state index contributed by atoms with van der Waals surface area (Å²) < 4.78 is 14.6. The normalized spacial score (nSPS) is 12.1. The van der Waals surface area contributed by atoms with E-state index in [9.17, 15) is 14.7 Å². The van der Waals surface area contributed by atoms with E-state index in [4.69, 9.17) is 9.47 Å². The fourth-order valence-electron chi connectivity index (χ4n) is 7.56. The number of rotatable bonds is 44. The third kappa shape index (κ3) is 35.2. The van der Waals surface area contributed by atoms with E-state index in [0.717, 1.165) is 96.8 Å². The van der Waals surface area contributed by atoms with Crippen LogP contribution >= 0.6 is 22.6 Å². The first-order chi connectivity index (χ1) is 28.0. The number of carbonyl (C=O) groups is 2. The van der Waals surface area contributed by atoms with E-state index in [1.54, 1.807) is 0 Å². The first kappa shape index (κ1) is 53.7. The lowest BCUT2D eigenvalue weighted by molar-refractivity contribution is -0.150. The summed E-state index contributed by atoms with van der Waals surface area (Å²) in [4.78, 5) is 27.5. The van der Waals surface area contributed by atoms with Crippen molar-refractivity contribution in [3.05, 3.63) is 11.9 Å². The minimum Gasteiger partial charge on any atom is -0.466 e. The van der Waals surface area contributed by atoms with Gasteiger partial charge in [-0.25, -0.2) is 0 Å². The van der Waals surface area contributed by atoms with Crippen LogP contribution in [0, 0.1) is 0 Å². The van der Waals surface area contributed by atoms with Gasteiger partial charge in [0, 0.05) is 19.4 Å². The van der Waals surface area contributed by atoms with Crippen molar-refractivity contribution in [1.82, 2.24) is 19.9 Å². The molecule has 1 rings (SSSR count). The molecule has 0 aliphatic carbocycles. The highest BCUT2D eigenvalue weighted by Crippen LogP contribution is 2.19. The highest BCUT2D eigenvalue weighted by atomic mass is 127. The van der Waals surface area contributed by atoms with Gasteiger partial charge in [-0.15, -0.1) is 5.10 Å². The first-order valence-electron chi connectivity index (χ1n) is 24.2. The van der Waals surface area contributed by atoms with E-state index >= 15 is 0 Å². The molecule has 0 saturated carbocycles. The Bertz CT molecular complexity index is 1010. The molecule has 334 valence electrons. The third-order valence-electron chi connectivity index (χ3n) is 11.2. The second-order valence-electron chi connectivity index (χ2n) is 16.6. The monoisotopic (exact) mass is 917 g/mol. The molecule has 1 aromatic heterocycles. The van der Waals surface area contributed by atoms with Crippen LogP contribution in [-0.2, 0) is 32.2 Å². The number of hydrogen-bond acceptors (Lipinski definition) is 8. The van der Waals surface area contributed by atoms with E-state index in [2.05, 4.69) is 51.7 Å². The summed E-state index contributed by atoms with van der Waals surface area (Å²) in [5.41, 5.74) is 0.613. The van der Waals surface area contributed by atoms with E-state index < -0.39 is 0 Å². The van der Waals surface area contributed by atoms with Crippen LogP contribution in [0.3, 0.4) is 0 Å². The van der Waals surface area contributed by atoms with Crippen LogP contribution in [0.2, 0.25) is 0 Å². The maximum atomic E-state index is 12.8. The van der Waals surface area contributed by atoms with Crippen LogP contribution in [0.15, 0.2) is 6.20 Å². The lowest BCUT2D eigenvalue weighted by Gasteiger charge is -2.22. The predicted molar refractivity (Wildman–Crippen MR) is 246 cm³/mol. The molecular formula is C47H89IN4O5. The molecular weight excluding hydrogens is 827 g/mol. The number of carbonyl (C=O) groups excluding carboxylic acids is 2. The lowest BCUT2D eigenvalue weighted by Crippen LogP contribution is -2.28. The molecule has 9 nitrogen and oxygen atoms in total. The summed E-state index contributed by atoms with van der Waals surface area (Å²) in [6.45, 7) is 9.00. The Morgan fingerprint density at radius 1 is 0.632 bits per heavy atom. The van der Waals surface area contributed by atoms with Crippen molar-refractivity contribution in [2.45, 2.75) is 245 Å². The molecule has 1 atom stereocenters. The van der Waals surface area contributed by atoms with Crippen molar-refractivity contribution in [1.29, 1.82) is 0 Å². The smallest absolute Gasteiger partial charge is 0.306 e. The van der Waals surface area contributed by atoms with Gasteiger partial charge in [-0.3, -0.25) is 14.3 Å². The molecule has 10 heteroatoms. The zero-order valence-electron chi connectivity index (χ0n) is 37.2. The minimum atomic E-state index is -0.0768. The van der Waals surface area contributed by atoms with Crippen molar-refractivity contribution < 1.29 is 24.2 Å². The van der Waals surface area contributed by atoms with Crippen LogP contribution in [0.4, 0.5) is 0 Å². The Hall–Kier alpha value is -1.27. The first-order valence-corrected chi connectivity index (χ1v) is 25.7. The minimum absolute atomic E-state index is 0.0132. The van der Waals surface area contributed by atoms with Crippen LogP contribution in [0.5, 0.6) is 0 Å². The maximum Gasteiger partial charge on any atom is 0.306 e. The van der Waals surface area contributed by atoms with Crippen molar-refractivity contribution in [2.24, 2.45) is 0 Å². The molecule has 0 bridgehead atoms. The standard InChI is InChI=1S/C47H89IN4O5/c1-3-5-7-9-11-22-30-41-56-46(54)34-25-17-13-20-28-37-51(39-31-40-52-42-44(43-53)49-50-52)38-29-21-14-18-26-35-47(55)57-45(32-23-15-10-8-6-4-2)33-24-16-12-19-27-36-48/h42,45,53H,3-41,43H2,1-2H3. The molecule has 0 aromatic carbocycles. The Labute approximate surface area is 364 Å². The van der Waals surface area contributed by atoms with E-state index in [0.29, 0.717) is 25.1 Å². The van der Waals surface area contributed by atoms with Crippen molar-refractivity contribution >= 4 is 34.5 Å². The van der Waals surface area contributed by atoms with Crippen LogP contribution < -0.4 is 0 Å². The molecule has 0 aliphatic heterocycles. The van der Waals surface area contributed by atoms with Crippen molar-refractivity contribution in [2.75, 3.05) is 30.7 Å². The number of alkyl halides is 1. The Balaban J connectivity index is 2.31. The molecule has 0 amide bonds. The molecule has 0 spiro atoms. The number of ether oxygens (including phenoxy) is 2. The lowest BCUT2D eigenvalue weighted by atomic mass is 10.0. The molecule has 1 aromatic rings. The van der Waals surface area contributed by atoms with Crippen LogP contribution in [-0.4, -0.2) is 73.7 Å². The van der Waals surface area contributed by atoms with E-state index in [1.165, 1.54) is 133 Å². The summed E-state index contributed by atoms with van der Waals surface area (Å²) in [7, 11) is 0. The number of aliphatic hydroxyl groups excluding tert-OH is 1. The van der Waals surface area contributed by atoms with Gasteiger partial charge < -0.3 is 19.5 Å². The number of unbranched alkanes of at least 4 members (excludes halogenated alkanes) is 23. The fraction of sp³-hybridized carbons (Fsp3) is 0.915. The predicted octanol–water partition coefficient (Wildman–Crippen LogP) is 12.9. The van der Waals surface area contributed by atoms with Gasteiger partial charge in [0.1, 0.15) is 11.8 Å². The fourth-order valence-corrected chi connectivity index (χ4v) is 8.10. The number of halogens is 1. The quantitative estimate of drug-likeness (QED) is 0.0299. The second kappa shape index (κ2) is 41.5. The maximum absolute atomic E-state index is 12.8. The van der Waals surface area contributed by atoms with Crippen molar-refractivity contribution in [3.63, 3.8) is 0 Å². The number of aliphatic hydroxyl groups is 1. The largest absolute Gasteiger partial charge is 0.466 e. The number of nitrogens with zero attached hydrogens (tertiary/aromatic N) is 4. The van der Waals surface area contributed by atoms with Gasteiger partial charge in [0.05, 0.1) is 19.4 Å². The van der Waals surface area contributed by atoms with Crippen molar-refractivity contribution in [3.8, 4) is 0 Å². The molecule has 1 N–H and O–H groups in total. The van der Waals surface area contributed by atoms with Gasteiger partial charge in [0.15, 0.2) is 0 Å². The molecule has 0 saturated heterocycles. The number of esters is 2. The van der Waals surface area contributed by atoms with E-state index in [1.807, 2.05) is 10.9 Å². The molecule has 0 radical (unpaired) electrons. The number of aryl methyl sites for hydroxylation is 1. The van der Waals surface area contributed by atoms with Crippen LogP contribution in [0.1, 0.15) is 231 Å². The van der Waals surface area contributed by atoms with E-state index in [-0.39, 0.29) is 24.6 Å². The Morgan fingerprint density at radius 3 is 1.65 bits per heavy atom. The van der Waals surface area contributed by atoms with Gasteiger partial charge in [-0.2, -0.15) is 0 Å². The summed E-state index contributed by atoms with van der Waals surface area (Å²) in [5.74, 6) is -0.0176. The summed E-state index contributed by atoms with van der Waals surface area (Å²) in [5, 5.41) is 17.5. The Morgan fingerprint density at radius 2 is 1.11 bits per heavy atom. The van der Waals surface area contributed by atoms with Crippen LogP contribution in [0.25, 0.3) is 0 Å².